The van der Waals surface area contributed by atoms with Gasteiger partial charge in [0.05, 0.1) is 5.52 Å². The molecule has 0 amide bonds. The van der Waals surface area contributed by atoms with Crippen molar-refractivity contribution in [3.63, 3.8) is 0 Å². The van der Waals surface area contributed by atoms with Crippen LogP contribution in [0.5, 0.6) is 23.0 Å². The van der Waals surface area contributed by atoms with Gasteiger partial charge in [0.1, 0.15) is 0 Å². The summed E-state index contributed by atoms with van der Waals surface area (Å²) in [7, 11) is 0. The Morgan fingerprint density at radius 2 is 1.65 bits per heavy atom. The molecule has 0 saturated carbocycles. The summed E-state index contributed by atoms with van der Waals surface area (Å²) >= 11 is 0. The largest absolute Gasteiger partial charge is 0.454 e. The second-order valence-electron chi connectivity index (χ2n) is 6.03. The van der Waals surface area contributed by atoms with Crippen molar-refractivity contribution in [2.45, 2.75) is 13.0 Å². The quantitative estimate of drug-likeness (QED) is 0.639. The van der Waals surface area contributed by atoms with Gasteiger partial charge in [-0.05, 0) is 42.3 Å². The molecule has 2 aromatic carbocycles. The molecule has 0 atom stereocenters. The molecule has 4 heterocycles. The molecule has 0 bridgehead atoms. The van der Waals surface area contributed by atoms with E-state index in [4.69, 9.17) is 18.9 Å². The predicted octanol–water partition coefficient (Wildman–Crippen LogP) is 3.32. The van der Waals surface area contributed by atoms with Gasteiger partial charge in [-0.15, -0.1) is 0 Å². The van der Waals surface area contributed by atoms with E-state index in [1.165, 1.54) is 22.2 Å². The van der Waals surface area contributed by atoms with E-state index in [1.54, 1.807) is 0 Å². The van der Waals surface area contributed by atoms with Crippen LogP contribution in [-0.2, 0) is 13.0 Å². The minimum atomic E-state index is 0.296. The van der Waals surface area contributed by atoms with E-state index in [9.17, 15) is 0 Å². The molecule has 0 N–H and O–H groups in total. The van der Waals surface area contributed by atoms with E-state index < -0.39 is 0 Å². The van der Waals surface area contributed by atoms with Crippen LogP contribution in [0, 0.1) is 0 Å². The number of ether oxygens (including phenoxy) is 4. The summed E-state index contributed by atoms with van der Waals surface area (Å²) in [4.78, 5) is 0. The van der Waals surface area contributed by atoms with Crippen molar-refractivity contribution in [1.29, 1.82) is 0 Å². The number of benzene rings is 2. The van der Waals surface area contributed by atoms with E-state index in [1.807, 2.05) is 6.07 Å². The minimum absolute atomic E-state index is 0.296. The lowest BCUT2D eigenvalue weighted by Crippen LogP contribution is -2.10. The van der Waals surface area contributed by atoms with Gasteiger partial charge in [0.25, 0.3) is 0 Å². The van der Waals surface area contributed by atoms with Gasteiger partial charge in [0.2, 0.25) is 13.6 Å². The molecule has 3 aliphatic rings. The van der Waals surface area contributed by atoms with Crippen LogP contribution in [0.1, 0.15) is 5.56 Å². The lowest BCUT2D eigenvalue weighted by molar-refractivity contribution is 0.174. The zero-order valence-corrected chi connectivity index (χ0v) is 12.3. The zero-order chi connectivity index (χ0) is 15.0. The van der Waals surface area contributed by atoms with Gasteiger partial charge in [0, 0.05) is 23.2 Å². The van der Waals surface area contributed by atoms with Crippen molar-refractivity contribution < 1.29 is 18.9 Å². The second-order valence-corrected chi connectivity index (χ2v) is 6.03. The Hall–Kier alpha value is -2.82. The average molecular weight is 307 g/mol. The zero-order valence-electron chi connectivity index (χ0n) is 12.3. The van der Waals surface area contributed by atoms with Crippen LogP contribution in [0.25, 0.3) is 22.2 Å². The van der Waals surface area contributed by atoms with E-state index in [0.29, 0.717) is 13.6 Å². The van der Waals surface area contributed by atoms with Crippen LogP contribution < -0.4 is 18.9 Å². The standard InChI is InChI=1S/C18H13NO4/c1-2-14-18(23-9-20-14)17-11(1)5-13-12-7-16-15(21-8-22-16)6-10(12)3-4-19(13)17/h1-2,5-7H,3-4,8-9H2. The molecule has 5 heteroatoms. The highest BCUT2D eigenvalue weighted by molar-refractivity contribution is 5.94. The summed E-state index contributed by atoms with van der Waals surface area (Å²) in [5.74, 6) is 3.37. The van der Waals surface area contributed by atoms with Crippen molar-refractivity contribution in [2.75, 3.05) is 13.6 Å². The molecule has 0 radical (unpaired) electrons. The van der Waals surface area contributed by atoms with Gasteiger partial charge in [0.15, 0.2) is 23.0 Å². The summed E-state index contributed by atoms with van der Waals surface area (Å²) in [6, 6.07) is 10.5. The maximum atomic E-state index is 5.71. The topological polar surface area (TPSA) is 41.9 Å². The number of hydrogen-bond acceptors (Lipinski definition) is 4. The first-order valence-corrected chi connectivity index (χ1v) is 7.73. The van der Waals surface area contributed by atoms with Crippen LogP contribution in [-0.4, -0.2) is 18.2 Å². The third-order valence-corrected chi connectivity index (χ3v) is 4.88. The molecule has 3 aromatic rings. The first-order valence-electron chi connectivity index (χ1n) is 7.73. The Morgan fingerprint density at radius 3 is 2.61 bits per heavy atom. The lowest BCUT2D eigenvalue weighted by atomic mass is 9.98. The predicted molar refractivity (Wildman–Crippen MR) is 83.3 cm³/mol. The van der Waals surface area contributed by atoms with Gasteiger partial charge >= 0.3 is 0 Å². The lowest BCUT2D eigenvalue weighted by Gasteiger charge is -2.20. The monoisotopic (exact) mass is 307 g/mol. The summed E-state index contributed by atoms with van der Waals surface area (Å²) in [5.41, 5.74) is 4.84. The Morgan fingerprint density at radius 1 is 0.826 bits per heavy atom. The van der Waals surface area contributed by atoms with Crippen LogP contribution in [0.3, 0.4) is 0 Å². The van der Waals surface area contributed by atoms with Gasteiger partial charge < -0.3 is 23.5 Å². The number of aryl methyl sites for hydroxylation is 2. The fraction of sp³-hybridized carbons (Fsp3) is 0.222. The van der Waals surface area contributed by atoms with E-state index in [2.05, 4.69) is 28.8 Å². The average Bonchev–Trinajstić information content (AvgIpc) is 3.28. The maximum Gasteiger partial charge on any atom is 0.231 e. The highest BCUT2D eigenvalue weighted by atomic mass is 16.7. The maximum absolute atomic E-state index is 5.71. The molecule has 114 valence electrons. The molecule has 0 aliphatic carbocycles. The fourth-order valence-corrected chi connectivity index (χ4v) is 3.83. The molecular formula is C18H13NO4. The molecule has 0 saturated heterocycles. The Labute approximate surface area is 131 Å². The normalized spacial score (nSPS) is 16.5. The highest BCUT2D eigenvalue weighted by Crippen LogP contribution is 2.46. The molecule has 3 aliphatic heterocycles. The summed E-state index contributed by atoms with van der Waals surface area (Å²) in [5, 5.41) is 1.18. The summed E-state index contributed by atoms with van der Waals surface area (Å²) in [6.07, 6.45) is 0.966. The number of nitrogens with zero attached hydrogens (tertiary/aromatic N) is 1. The third kappa shape index (κ3) is 1.42. The van der Waals surface area contributed by atoms with E-state index in [0.717, 1.165) is 41.5 Å². The molecule has 23 heavy (non-hydrogen) atoms. The minimum Gasteiger partial charge on any atom is -0.454 e. The van der Waals surface area contributed by atoms with Crippen LogP contribution >= 0.6 is 0 Å². The third-order valence-electron chi connectivity index (χ3n) is 4.88. The first kappa shape index (κ1) is 11.7. The molecule has 0 unspecified atom stereocenters. The Kier molecular flexibility index (Phi) is 2.00. The molecule has 6 rings (SSSR count). The van der Waals surface area contributed by atoms with Gasteiger partial charge in [-0.1, -0.05) is 0 Å². The molecule has 0 fully saturated rings. The van der Waals surface area contributed by atoms with Crippen LogP contribution in [0.15, 0.2) is 30.3 Å². The van der Waals surface area contributed by atoms with Crippen molar-refractivity contribution >= 4 is 10.9 Å². The van der Waals surface area contributed by atoms with E-state index in [-0.39, 0.29) is 0 Å². The summed E-state index contributed by atoms with van der Waals surface area (Å²) < 4.78 is 24.6. The van der Waals surface area contributed by atoms with Crippen molar-refractivity contribution in [1.82, 2.24) is 4.57 Å². The van der Waals surface area contributed by atoms with Crippen molar-refractivity contribution in [3.8, 4) is 34.3 Å². The summed E-state index contributed by atoms with van der Waals surface area (Å²) in [6.45, 7) is 1.52. The second kappa shape index (κ2) is 3.93. The first-order chi connectivity index (χ1) is 11.4. The Bertz CT molecular complexity index is 989. The van der Waals surface area contributed by atoms with Gasteiger partial charge in [-0.3, -0.25) is 0 Å². The SMILES string of the molecule is c1c2c(cc3c1OCO3)-c1cc3ccc4c(c3n1CC2)OCO4. The molecular weight excluding hydrogens is 294 g/mol. The Balaban J connectivity index is 1.66. The fourth-order valence-electron chi connectivity index (χ4n) is 3.83. The van der Waals surface area contributed by atoms with Gasteiger partial charge in [-0.25, -0.2) is 0 Å². The van der Waals surface area contributed by atoms with Crippen molar-refractivity contribution in [3.05, 3.63) is 35.9 Å². The van der Waals surface area contributed by atoms with E-state index >= 15 is 0 Å². The van der Waals surface area contributed by atoms with Crippen LogP contribution in [0.4, 0.5) is 0 Å². The van der Waals surface area contributed by atoms with Crippen molar-refractivity contribution in [2.24, 2.45) is 0 Å². The number of fused-ring (bicyclic) bond motifs is 8. The number of rotatable bonds is 0. The molecule has 0 spiro atoms. The number of aromatic nitrogens is 1. The molecule has 5 nitrogen and oxygen atoms in total. The van der Waals surface area contributed by atoms with Gasteiger partial charge in [-0.2, -0.15) is 0 Å². The van der Waals surface area contributed by atoms with Crippen LogP contribution in [0.2, 0.25) is 0 Å². The highest BCUT2D eigenvalue weighted by Gasteiger charge is 2.27. The number of hydrogen-bond donors (Lipinski definition) is 0. The molecule has 1 aromatic heterocycles. The smallest absolute Gasteiger partial charge is 0.231 e.